The largest absolute Gasteiger partial charge is 0.484 e. The maximum absolute atomic E-state index is 13.3. The summed E-state index contributed by atoms with van der Waals surface area (Å²) in [4.78, 5) is 27.9. The summed E-state index contributed by atoms with van der Waals surface area (Å²) in [6.07, 6.45) is 5.37. The molecule has 1 atom stereocenters. The third kappa shape index (κ3) is 7.12. The van der Waals surface area contributed by atoms with Crippen LogP contribution >= 0.6 is 39.1 Å². The molecule has 3 rings (SSSR count). The number of aryl methyl sites for hydroxylation is 2. The van der Waals surface area contributed by atoms with Crippen molar-refractivity contribution in [3.8, 4) is 5.75 Å². The molecule has 0 aromatic heterocycles. The van der Waals surface area contributed by atoms with Crippen molar-refractivity contribution in [1.29, 1.82) is 0 Å². The van der Waals surface area contributed by atoms with Crippen LogP contribution in [-0.2, 0) is 16.1 Å². The monoisotopic (exact) mass is 568 g/mol. The number of nitrogens with zero attached hydrogens (tertiary/aromatic N) is 1. The maximum atomic E-state index is 13.3. The predicted octanol–water partition coefficient (Wildman–Crippen LogP) is 6.62. The summed E-state index contributed by atoms with van der Waals surface area (Å²) in [5.74, 6) is 0.145. The van der Waals surface area contributed by atoms with Gasteiger partial charge in [0.05, 0.1) is 0 Å². The molecule has 1 aliphatic rings. The normalized spacial score (nSPS) is 15.0. The number of benzene rings is 2. The molecule has 0 radical (unpaired) electrons. The van der Waals surface area contributed by atoms with Crippen LogP contribution in [0.3, 0.4) is 0 Å². The molecule has 34 heavy (non-hydrogen) atoms. The van der Waals surface area contributed by atoms with Crippen molar-refractivity contribution in [3.63, 3.8) is 0 Å². The van der Waals surface area contributed by atoms with Gasteiger partial charge in [-0.3, -0.25) is 9.59 Å². The average molecular weight is 570 g/mol. The summed E-state index contributed by atoms with van der Waals surface area (Å²) in [5.41, 5.74) is 2.76. The number of carbonyl (C=O) groups is 2. The number of hydrogen-bond donors (Lipinski definition) is 1. The van der Waals surface area contributed by atoms with E-state index in [0.717, 1.165) is 41.3 Å². The van der Waals surface area contributed by atoms with Crippen molar-refractivity contribution in [2.45, 2.75) is 71.5 Å². The zero-order chi connectivity index (χ0) is 24.8. The van der Waals surface area contributed by atoms with Crippen LogP contribution in [0.5, 0.6) is 5.75 Å². The lowest BCUT2D eigenvalue weighted by molar-refractivity contribution is -0.142. The Balaban J connectivity index is 1.76. The molecular weight excluding hydrogens is 539 g/mol. The van der Waals surface area contributed by atoms with Crippen LogP contribution in [0.15, 0.2) is 34.8 Å². The van der Waals surface area contributed by atoms with Crippen LogP contribution in [0.1, 0.15) is 55.7 Å². The van der Waals surface area contributed by atoms with Crippen LogP contribution < -0.4 is 10.1 Å². The van der Waals surface area contributed by atoms with Crippen molar-refractivity contribution in [3.05, 3.63) is 61.5 Å². The standard InChI is InChI=1S/C26H31BrCl2N2O3/c1-16-11-22(12-17(2)25(16)27)34-15-24(32)31(14-19-9-10-20(28)13-23(19)29)18(3)26(33)30-21-7-5-4-6-8-21/h9-13,18,21H,4-8,14-15H2,1-3H3,(H,30,33). The Morgan fingerprint density at radius 1 is 1.12 bits per heavy atom. The Labute approximate surface area is 220 Å². The van der Waals surface area contributed by atoms with Gasteiger partial charge < -0.3 is 15.0 Å². The van der Waals surface area contributed by atoms with E-state index in [4.69, 9.17) is 27.9 Å². The minimum absolute atomic E-state index is 0.157. The lowest BCUT2D eigenvalue weighted by atomic mass is 9.95. The van der Waals surface area contributed by atoms with Crippen molar-refractivity contribution < 1.29 is 14.3 Å². The second-order valence-electron chi connectivity index (χ2n) is 8.94. The summed E-state index contributed by atoms with van der Waals surface area (Å²) < 4.78 is 6.85. The number of halogens is 3. The van der Waals surface area contributed by atoms with Gasteiger partial charge in [-0.2, -0.15) is 0 Å². The van der Waals surface area contributed by atoms with E-state index >= 15 is 0 Å². The first kappa shape index (κ1) is 26.8. The van der Waals surface area contributed by atoms with Gasteiger partial charge in [0.25, 0.3) is 5.91 Å². The Hall–Kier alpha value is -1.76. The van der Waals surface area contributed by atoms with Crippen LogP contribution in [0, 0.1) is 13.8 Å². The highest BCUT2D eigenvalue weighted by molar-refractivity contribution is 9.10. The lowest BCUT2D eigenvalue weighted by Gasteiger charge is -2.31. The van der Waals surface area contributed by atoms with E-state index in [1.807, 2.05) is 26.0 Å². The van der Waals surface area contributed by atoms with Gasteiger partial charge >= 0.3 is 0 Å². The zero-order valence-corrected chi connectivity index (χ0v) is 22.9. The fourth-order valence-corrected chi connectivity index (χ4v) is 4.90. The summed E-state index contributed by atoms with van der Waals surface area (Å²) in [7, 11) is 0. The maximum Gasteiger partial charge on any atom is 0.261 e. The minimum Gasteiger partial charge on any atom is -0.484 e. The Bertz CT molecular complexity index is 1020. The molecule has 1 fully saturated rings. The smallest absolute Gasteiger partial charge is 0.261 e. The van der Waals surface area contributed by atoms with Crippen molar-refractivity contribution in [2.75, 3.05) is 6.61 Å². The van der Waals surface area contributed by atoms with E-state index < -0.39 is 6.04 Å². The number of nitrogens with one attached hydrogen (secondary N) is 1. The van der Waals surface area contributed by atoms with Gasteiger partial charge in [0, 0.05) is 27.1 Å². The van der Waals surface area contributed by atoms with Gasteiger partial charge in [0.2, 0.25) is 5.91 Å². The molecule has 0 saturated heterocycles. The number of carbonyl (C=O) groups excluding carboxylic acids is 2. The summed E-state index contributed by atoms with van der Waals surface area (Å²) in [5, 5.41) is 4.09. The minimum atomic E-state index is -0.682. The first-order chi connectivity index (χ1) is 16.2. The van der Waals surface area contributed by atoms with E-state index in [1.165, 1.54) is 11.3 Å². The van der Waals surface area contributed by atoms with Crippen LogP contribution in [-0.4, -0.2) is 35.4 Å². The molecular formula is C26H31BrCl2N2O3. The van der Waals surface area contributed by atoms with Crippen molar-refractivity contribution >= 4 is 50.9 Å². The molecule has 184 valence electrons. The van der Waals surface area contributed by atoms with E-state index in [0.29, 0.717) is 21.4 Å². The van der Waals surface area contributed by atoms with Gasteiger partial charge in [-0.15, -0.1) is 0 Å². The summed E-state index contributed by atoms with van der Waals surface area (Å²) >= 11 is 16.0. The SMILES string of the molecule is Cc1cc(OCC(=O)N(Cc2ccc(Cl)cc2Cl)C(C)C(=O)NC2CCCCC2)cc(C)c1Br. The van der Waals surface area contributed by atoms with Crippen LogP contribution in [0.4, 0.5) is 0 Å². The van der Waals surface area contributed by atoms with Crippen molar-refractivity contribution in [1.82, 2.24) is 10.2 Å². The number of hydrogen-bond acceptors (Lipinski definition) is 3. The highest BCUT2D eigenvalue weighted by atomic mass is 79.9. The number of ether oxygens (including phenoxy) is 1. The van der Waals surface area contributed by atoms with Gasteiger partial charge in [-0.05, 0) is 74.6 Å². The number of amides is 2. The molecule has 2 amide bonds. The zero-order valence-electron chi connectivity index (χ0n) is 19.8. The summed E-state index contributed by atoms with van der Waals surface area (Å²) in [6, 6.07) is 8.37. The highest BCUT2D eigenvalue weighted by Gasteiger charge is 2.29. The van der Waals surface area contributed by atoms with E-state index in [-0.39, 0.29) is 31.0 Å². The van der Waals surface area contributed by atoms with E-state index in [2.05, 4.69) is 21.2 Å². The molecule has 2 aromatic rings. The highest BCUT2D eigenvalue weighted by Crippen LogP contribution is 2.27. The third-order valence-electron chi connectivity index (χ3n) is 6.25. The average Bonchev–Trinajstić information content (AvgIpc) is 2.80. The molecule has 1 unspecified atom stereocenters. The Kier molecular flexibility index (Phi) is 9.69. The van der Waals surface area contributed by atoms with Crippen LogP contribution in [0.2, 0.25) is 10.0 Å². The molecule has 0 aliphatic heterocycles. The Morgan fingerprint density at radius 2 is 1.76 bits per heavy atom. The molecule has 0 bridgehead atoms. The third-order valence-corrected chi connectivity index (χ3v) is 8.08. The molecule has 2 aromatic carbocycles. The fraction of sp³-hybridized carbons (Fsp3) is 0.462. The van der Waals surface area contributed by atoms with E-state index in [9.17, 15) is 9.59 Å². The number of rotatable bonds is 8. The quantitative estimate of drug-likeness (QED) is 0.389. The lowest BCUT2D eigenvalue weighted by Crippen LogP contribution is -2.51. The second-order valence-corrected chi connectivity index (χ2v) is 10.6. The Morgan fingerprint density at radius 3 is 2.38 bits per heavy atom. The predicted molar refractivity (Wildman–Crippen MR) is 141 cm³/mol. The molecule has 0 heterocycles. The van der Waals surface area contributed by atoms with Crippen LogP contribution in [0.25, 0.3) is 0 Å². The molecule has 1 saturated carbocycles. The van der Waals surface area contributed by atoms with Gasteiger partial charge in [0.15, 0.2) is 6.61 Å². The first-order valence-corrected chi connectivity index (χ1v) is 13.1. The topological polar surface area (TPSA) is 58.6 Å². The first-order valence-electron chi connectivity index (χ1n) is 11.6. The second kappa shape index (κ2) is 12.3. The molecule has 1 N–H and O–H groups in total. The molecule has 8 heteroatoms. The molecule has 0 spiro atoms. The van der Waals surface area contributed by atoms with Gasteiger partial charge in [-0.1, -0.05) is 64.5 Å². The van der Waals surface area contributed by atoms with Crippen molar-refractivity contribution in [2.24, 2.45) is 0 Å². The van der Waals surface area contributed by atoms with Gasteiger partial charge in [-0.25, -0.2) is 0 Å². The van der Waals surface area contributed by atoms with Gasteiger partial charge in [0.1, 0.15) is 11.8 Å². The summed E-state index contributed by atoms with van der Waals surface area (Å²) in [6.45, 7) is 5.67. The molecule has 5 nitrogen and oxygen atoms in total. The fourth-order valence-electron chi connectivity index (χ4n) is 4.20. The van der Waals surface area contributed by atoms with E-state index in [1.54, 1.807) is 25.1 Å². The molecule has 1 aliphatic carbocycles.